The van der Waals surface area contributed by atoms with Crippen LogP contribution in [0.25, 0.3) is 0 Å². The van der Waals surface area contributed by atoms with Crippen LogP contribution in [0.2, 0.25) is 0 Å². The van der Waals surface area contributed by atoms with E-state index in [1.807, 2.05) is 0 Å². The lowest BCUT2D eigenvalue weighted by Gasteiger charge is -2.10. The number of methoxy groups -OCH3 is 1. The molecular formula is C9H15ClNO2P. The normalized spacial score (nSPS) is 10.5. The van der Waals surface area contributed by atoms with E-state index < -0.39 is 7.14 Å². The summed E-state index contributed by atoms with van der Waals surface area (Å²) in [5, 5.41) is 0.790. The molecule has 0 heterocycles. The van der Waals surface area contributed by atoms with E-state index in [0.717, 1.165) is 5.30 Å². The van der Waals surface area contributed by atoms with Gasteiger partial charge in [0.25, 0.3) is 0 Å². The van der Waals surface area contributed by atoms with Gasteiger partial charge in [-0.25, -0.2) is 0 Å². The van der Waals surface area contributed by atoms with Crippen LogP contribution in [0.15, 0.2) is 18.2 Å². The number of nitrogens with two attached hydrogens (primary N) is 1. The molecule has 0 aliphatic rings. The first-order valence-corrected chi connectivity index (χ1v) is 6.54. The summed E-state index contributed by atoms with van der Waals surface area (Å²) in [6, 6.07) is 5.22. The summed E-state index contributed by atoms with van der Waals surface area (Å²) in [6.07, 6.45) is 0. The summed E-state index contributed by atoms with van der Waals surface area (Å²) in [7, 11) is -0.666. The largest absolute Gasteiger partial charge is 0.495 e. The molecule has 0 saturated carbocycles. The van der Waals surface area contributed by atoms with Crippen molar-refractivity contribution < 1.29 is 9.30 Å². The maximum atomic E-state index is 11.7. The van der Waals surface area contributed by atoms with Gasteiger partial charge in [-0.15, -0.1) is 12.4 Å². The first kappa shape index (κ1) is 13.3. The standard InChI is InChI=1S/C9H14NO2P.ClH/c1-12-9-6-7(13(2,3)11)4-5-8(9)10;/h4-6H,10H2,1-3H3;1H. The highest BCUT2D eigenvalue weighted by molar-refractivity contribution is 7.70. The van der Waals surface area contributed by atoms with Crippen LogP contribution in [0.5, 0.6) is 5.75 Å². The van der Waals surface area contributed by atoms with Crippen LogP contribution in [-0.4, -0.2) is 20.4 Å². The van der Waals surface area contributed by atoms with Crippen molar-refractivity contribution in [1.82, 2.24) is 0 Å². The average molecular weight is 236 g/mol. The Bertz CT molecular complexity index is 362. The predicted molar refractivity (Wildman–Crippen MR) is 63.7 cm³/mol. The smallest absolute Gasteiger partial charge is 0.142 e. The lowest BCUT2D eigenvalue weighted by Crippen LogP contribution is -2.04. The van der Waals surface area contributed by atoms with Gasteiger partial charge in [-0.2, -0.15) is 0 Å². The first-order chi connectivity index (χ1) is 5.95. The van der Waals surface area contributed by atoms with Crippen molar-refractivity contribution in [3.8, 4) is 5.75 Å². The second-order valence-electron chi connectivity index (χ2n) is 3.28. The van der Waals surface area contributed by atoms with Gasteiger partial charge in [0, 0.05) is 5.30 Å². The third-order valence-electron chi connectivity index (χ3n) is 1.84. The Morgan fingerprint density at radius 1 is 1.36 bits per heavy atom. The van der Waals surface area contributed by atoms with Crippen molar-refractivity contribution in [2.24, 2.45) is 0 Å². The van der Waals surface area contributed by atoms with Crippen LogP contribution in [0.1, 0.15) is 0 Å². The summed E-state index contributed by atoms with van der Waals surface area (Å²) in [4.78, 5) is 0. The summed E-state index contributed by atoms with van der Waals surface area (Å²) >= 11 is 0. The van der Waals surface area contributed by atoms with E-state index in [-0.39, 0.29) is 12.4 Å². The SMILES string of the molecule is COc1cc(P(C)(C)=O)ccc1N.Cl. The molecule has 0 bridgehead atoms. The molecule has 1 rings (SSSR count). The lowest BCUT2D eigenvalue weighted by atomic mass is 10.3. The highest BCUT2D eigenvalue weighted by atomic mass is 35.5. The number of ether oxygens (including phenoxy) is 1. The van der Waals surface area contributed by atoms with E-state index in [1.54, 1.807) is 38.6 Å². The lowest BCUT2D eigenvalue weighted by molar-refractivity contribution is 0.417. The number of hydrogen-bond donors (Lipinski definition) is 1. The van der Waals surface area contributed by atoms with Gasteiger partial charge < -0.3 is 15.0 Å². The molecule has 0 aromatic heterocycles. The Morgan fingerprint density at radius 2 is 1.93 bits per heavy atom. The number of halogens is 1. The second-order valence-corrected chi connectivity index (χ2v) is 6.50. The number of rotatable bonds is 2. The van der Waals surface area contributed by atoms with Crippen molar-refractivity contribution in [1.29, 1.82) is 0 Å². The van der Waals surface area contributed by atoms with Crippen LogP contribution in [-0.2, 0) is 4.57 Å². The topological polar surface area (TPSA) is 52.3 Å². The summed E-state index contributed by atoms with van der Waals surface area (Å²) in [5.74, 6) is 0.585. The molecule has 80 valence electrons. The first-order valence-electron chi connectivity index (χ1n) is 3.94. The Hall–Kier alpha value is -0.660. The van der Waals surface area contributed by atoms with Crippen molar-refractivity contribution in [3.63, 3.8) is 0 Å². The zero-order valence-electron chi connectivity index (χ0n) is 8.48. The fraction of sp³-hybridized carbons (Fsp3) is 0.333. The van der Waals surface area contributed by atoms with Crippen molar-refractivity contribution >= 4 is 30.5 Å². The average Bonchev–Trinajstić information content (AvgIpc) is 2.03. The molecule has 0 aliphatic carbocycles. The zero-order valence-corrected chi connectivity index (χ0v) is 10.2. The van der Waals surface area contributed by atoms with Gasteiger partial charge >= 0.3 is 0 Å². The second kappa shape index (κ2) is 4.72. The summed E-state index contributed by atoms with van der Waals surface area (Å²) in [6.45, 7) is 3.44. The molecule has 0 saturated heterocycles. The highest BCUT2D eigenvalue weighted by Crippen LogP contribution is 2.36. The third-order valence-corrected chi connectivity index (χ3v) is 3.36. The van der Waals surface area contributed by atoms with E-state index in [9.17, 15) is 4.57 Å². The Balaban J connectivity index is 0.00000169. The molecular weight excluding hydrogens is 221 g/mol. The predicted octanol–water partition coefficient (Wildman–Crippen LogP) is 1.95. The zero-order chi connectivity index (χ0) is 10.1. The molecule has 5 heteroatoms. The molecule has 0 spiro atoms. The molecule has 14 heavy (non-hydrogen) atoms. The quantitative estimate of drug-likeness (QED) is 0.630. The van der Waals surface area contributed by atoms with Gasteiger partial charge in [-0.1, -0.05) is 0 Å². The van der Waals surface area contributed by atoms with Gasteiger partial charge in [0.15, 0.2) is 0 Å². The van der Waals surface area contributed by atoms with Gasteiger partial charge in [-0.3, -0.25) is 0 Å². The molecule has 2 N–H and O–H groups in total. The van der Waals surface area contributed by atoms with Gasteiger partial charge in [0.1, 0.15) is 12.9 Å². The van der Waals surface area contributed by atoms with E-state index in [1.165, 1.54) is 0 Å². The molecule has 3 nitrogen and oxygen atoms in total. The fourth-order valence-corrected chi connectivity index (χ4v) is 1.90. The van der Waals surface area contributed by atoms with E-state index in [0.29, 0.717) is 11.4 Å². The van der Waals surface area contributed by atoms with Crippen LogP contribution in [0.4, 0.5) is 5.69 Å². The maximum Gasteiger partial charge on any atom is 0.142 e. The maximum absolute atomic E-state index is 11.7. The van der Waals surface area contributed by atoms with Crippen LogP contribution in [0, 0.1) is 0 Å². The number of hydrogen-bond acceptors (Lipinski definition) is 3. The number of nitrogen functional groups attached to an aromatic ring is 1. The van der Waals surface area contributed by atoms with Crippen molar-refractivity contribution in [3.05, 3.63) is 18.2 Å². The molecule has 0 radical (unpaired) electrons. The Morgan fingerprint density at radius 3 is 2.36 bits per heavy atom. The Kier molecular flexibility index (Phi) is 4.50. The molecule has 0 amide bonds. The molecule has 1 aromatic carbocycles. The Labute approximate surface area is 90.4 Å². The minimum Gasteiger partial charge on any atom is -0.495 e. The molecule has 0 fully saturated rings. The number of anilines is 1. The highest BCUT2D eigenvalue weighted by Gasteiger charge is 2.12. The monoisotopic (exact) mass is 235 g/mol. The van der Waals surface area contributed by atoms with Crippen molar-refractivity contribution in [2.75, 3.05) is 26.2 Å². The summed E-state index contributed by atoms with van der Waals surface area (Å²) in [5.41, 5.74) is 6.20. The van der Waals surface area contributed by atoms with Crippen LogP contribution >= 0.6 is 19.5 Å². The van der Waals surface area contributed by atoms with E-state index in [2.05, 4.69) is 0 Å². The fourth-order valence-electron chi connectivity index (χ4n) is 1.03. The van der Waals surface area contributed by atoms with Gasteiger partial charge in [-0.05, 0) is 31.5 Å². The van der Waals surface area contributed by atoms with E-state index >= 15 is 0 Å². The third kappa shape index (κ3) is 2.93. The van der Waals surface area contributed by atoms with Crippen molar-refractivity contribution in [2.45, 2.75) is 0 Å². The molecule has 0 unspecified atom stereocenters. The van der Waals surface area contributed by atoms with Gasteiger partial charge in [0.05, 0.1) is 12.8 Å². The van der Waals surface area contributed by atoms with Gasteiger partial charge in [0.2, 0.25) is 0 Å². The van der Waals surface area contributed by atoms with Crippen LogP contribution in [0.3, 0.4) is 0 Å². The molecule has 0 atom stereocenters. The van der Waals surface area contributed by atoms with Crippen LogP contribution < -0.4 is 15.8 Å². The molecule has 0 aliphatic heterocycles. The minimum atomic E-state index is -2.21. The number of benzene rings is 1. The minimum absolute atomic E-state index is 0. The molecule has 1 aromatic rings. The van der Waals surface area contributed by atoms with E-state index in [4.69, 9.17) is 10.5 Å². The summed E-state index contributed by atoms with van der Waals surface area (Å²) < 4.78 is 16.7.